The highest BCUT2D eigenvalue weighted by Gasteiger charge is 2.11. The van der Waals surface area contributed by atoms with Gasteiger partial charge >= 0.3 is 0 Å². The summed E-state index contributed by atoms with van der Waals surface area (Å²) in [6, 6.07) is 1.95. The van der Waals surface area contributed by atoms with Gasteiger partial charge < -0.3 is 0 Å². The van der Waals surface area contributed by atoms with Crippen LogP contribution in [0.1, 0.15) is 38.1 Å². The lowest BCUT2D eigenvalue weighted by atomic mass is 9.95. The number of nitriles is 1. The maximum atomic E-state index is 8.52. The van der Waals surface area contributed by atoms with E-state index in [1.165, 1.54) is 6.20 Å². The summed E-state index contributed by atoms with van der Waals surface area (Å²) in [4.78, 5) is 8.16. The van der Waals surface area contributed by atoms with Gasteiger partial charge in [-0.25, -0.2) is 4.98 Å². The molecule has 0 aliphatic heterocycles. The molecule has 0 radical (unpaired) electrons. The van der Waals surface area contributed by atoms with Crippen LogP contribution in [0.3, 0.4) is 0 Å². The number of hydrogen-bond acceptors (Lipinski definition) is 3. The number of aromatic nitrogens is 2. The molecule has 13 heavy (non-hydrogen) atoms. The molecule has 1 rings (SSSR count). The normalized spacial score (nSPS) is 12.5. The van der Waals surface area contributed by atoms with Gasteiger partial charge in [0, 0.05) is 5.92 Å². The van der Waals surface area contributed by atoms with E-state index >= 15 is 0 Å². The molecule has 1 atom stereocenters. The van der Waals surface area contributed by atoms with Gasteiger partial charge in [-0.3, -0.25) is 4.98 Å². The van der Waals surface area contributed by atoms with Crippen LogP contribution in [0.15, 0.2) is 12.4 Å². The molecule has 0 bridgehead atoms. The van der Waals surface area contributed by atoms with E-state index in [9.17, 15) is 0 Å². The Bertz CT molecular complexity index is 308. The largest absolute Gasteiger partial charge is 0.256 e. The zero-order chi connectivity index (χ0) is 9.84. The fourth-order valence-electron chi connectivity index (χ4n) is 0.972. The van der Waals surface area contributed by atoms with Gasteiger partial charge in [-0.05, 0) is 5.92 Å². The van der Waals surface area contributed by atoms with Gasteiger partial charge in [-0.2, -0.15) is 5.26 Å². The van der Waals surface area contributed by atoms with Gasteiger partial charge in [0.25, 0.3) is 0 Å². The molecular weight excluding hydrogens is 162 g/mol. The second-order valence-corrected chi connectivity index (χ2v) is 3.47. The fraction of sp³-hybridized carbons (Fsp3) is 0.500. The standard InChI is InChI=1S/C10H13N3/c1-7(2)8(3)10-6-12-9(4-11)5-13-10/h5-8H,1-3H3. The highest BCUT2D eigenvalue weighted by Crippen LogP contribution is 2.20. The lowest BCUT2D eigenvalue weighted by Crippen LogP contribution is -2.05. The van der Waals surface area contributed by atoms with E-state index in [0.29, 0.717) is 17.5 Å². The van der Waals surface area contributed by atoms with Crippen LogP contribution in [0, 0.1) is 17.2 Å². The van der Waals surface area contributed by atoms with Crippen LogP contribution in [0.25, 0.3) is 0 Å². The molecule has 0 aliphatic rings. The van der Waals surface area contributed by atoms with Gasteiger partial charge in [0.2, 0.25) is 0 Å². The smallest absolute Gasteiger partial charge is 0.158 e. The van der Waals surface area contributed by atoms with Crippen molar-refractivity contribution in [1.29, 1.82) is 5.26 Å². The van der Waals surface area contributed by atoms with Crippen molar-refractivity contribution < 1.29 is 0 Å². The van der Waals surface area contributed by atoms with Gasteiger partial charge in [0.05, 0.1) is 18.1 Å². The van der Waals surface area contributed by atoms with Gasteiger partial charge in [-0.1, -0.05) is 20.8 Å². The molecule has 0 saturated heterocycles. The highest BCUT2D eigenvalue weighted by atomic mass is 14.8. The first-order valence-corrected chi connectivity index (χ1v) is 4.37. The lowest BCUT2D eigenvalue weighted by Gasteiger charge is -2.13. The predicted octanol–water partition coefficient (Wildman–Crippen LogP) is 2.11. The maximum Gasteiger partial charge on any atom is 0.158 e. The Morgan fingerprint density at radius 2 is 1.92 bits per heavy atom. The van der Waals surface area contributed by atoms with Crippen LogP contribution in [-0.4, -0.2) is 9.97 Å². The summed E-state index contributed by atoms with van der Waals surface area (Å²) in [6.07, 6.45) is 3.21. The molecule has 0 N–H and O–H groups in total. The molecule has 0 amide bonds. The zero-order valence-corrected chi connectivity index (χ0v) is 8.15. The second-order valence-electron chi connectivity index (χ2n) is 3.47. The minimum atomic E-state index is 0.375. The Hall–Kier alpha value is -1.43. The summed E-state index contributed by atoms with van der Waals surface area (Å²) in [5.74, 6) is 0.933. The third-order valence-electron chi connectivity index (χ3n) is 2.25. The highest BCUT2D eigenvalue weighted by molar-refractivity contribution is 5.17. The van der Waals surface area contributed by atoms with Crippen molar-refractivity contribution in [2.75, 3.05) is 0 Å². The molecule has 0 aliphatic carbocycles. The molecule has 1 aromatic rings. The molecular formula is C10H13N3. The van der Waals surface area contributed by atoms with Gasteiger partial charge in [0.1, 0.15) is 6.07 Å². The molecule has 0 fully saturated rings. The quantitative estimate of drug-likeness (QED) is 0.691. The molecule has 0 aromatic carbocycles. The van der Waals surface area contributed by atoms with Crippen molar-refractivity contribution in [1.82, 2.24) is 9.97 Å². The van der Waals surface area contributed by atoms with Crippen molar-refractivity contribution >= 4 is 0 Å². The Morgan fingerprint density at radius 1 is 1.23 bits per heavy atom. The number of hydrogen-bond donors (Lipinski definition) is 0. The lowest BCUT2D eigenvalue weighted by molar-refractivity contribution is 0.521. The van der Waals surface area contributed by atoms with Crippen molar-refractivity contribution in [2.24, 2.45) is 5.92 Å². The van der Waals surface area contributed by atoms with Crippen LogP contribution in [0.5, 0.6) is 0 Å². The molecule has 1 heterocycles. The van der Waals surface area contributed by atoms with Crippen molar-refractivity contribution in [3.8, 4) is 6.07 Å². The van der Waals surface area contributed by atoms with Gasteiger partial charge in [-0.15, -0.1) is 0 Å². The first-order chi connectivity index (χ1) is 6.15. The zero-order valence-electron chi connectivity index (χ0n) is 8.15. The summed E-state index contributed by atoms with van der Waals surface area (Å²) in [7, 11) is 0. The Morgan fingerprint density at radius 3 is 2.31 bits per heavy atom. The Labute approximate surface area is 78.5 Å². The summed E-state index contributed by atoms with van der Waals surface area (Å²) in [6.45, 7) is 6.40. The minimum Gasteiger partial charge on any atom is -0.256 e. The van der Waals surface area contributed by atoms with Crippen LogP contribution >= 0.6 is 0 Å². The summed E-state index contributed by atoms with van der Waals surface area (Å²) in [5, 5.41) is 8.52. The van der Waals surface area contributed by atoms with Crippen molar-refractivity contribution in [3.05, 3.63) is 23.8 Å². The van der Waals surface area contributed by atoms with E-state index < -0.39 is 0 Å². The first kappa shape index (κ1) is 9.66. The van der Waals surface area contributed by atoms with Crippen molar-refractivity contribution in [2.45, 2.75) is 26.7 Å². The molecule has 3 heteroatoms. The van der Waals surface area contributed by atoms with Crippen LogP contribution in [0.2, 0.25) is 0 Å². The molecule has 0 spiro atoms. The minimum absolute atomic E-state index is 0.375. The Balaban J connectivity index is 2.87. The SMILES string of the molecule is CC(C)C(C)c1cnc(C#N)cn1. The molecule has 1 aromatic heterocycles. The topological polar surface area (TPSA) is 49.6 Å². The summed E-state index contributed by atoms with van der Waals surface area (Å²) in [5.41, 5.74) is 1.33. The molecule has 1 unspecified atom stereocenters. The van der Waals surface area contributed by atoms with Gasteiger partial charge in [0.15, 0.2) is 5.69 Å². The third-order valence-corrected chi connectivity index (χ3v) is 2.25. The predicted molar refractivity (Wildman–Crippen MR) is 50.0 cm³/mol. The third kappa shape index (κ3) is 2.25. The maximum absolute atomic E-state index is 8.52. The van der Waals surface area contributed by atoms with E-state index in [1.807, 2.05) is 6.07 Å². The van der Waals surface area contributed by atoms with Crippen molar-refractivity contribution in [3.63, 3.8) is 0 Å². The number of nitrogens with zero attached hydrogens (tertiary/aromatic N) is 3. The van der Waals surface area contributed by atoms with Crippen LogP contribution < -0.4 is 0 Å². The second kappa shape index (κ2) is 3.99. The molecule has 68 valence electrons. The van der Waals surface area contributed by atoms with E-state index in [1.54, 1.807) is 6.20 Å². The first-order valence-electron chi connectivity index (χ1n) is 4.37. The molecule has 0 saturated carbocycles. The fourth-order valence-corrected chi connectivity index (χ4v) is 0.972. The number of rotatable bonds is 2. The van der Waals surface area contributed by atoms with E-state index in [2.05, 4.69) is 30.7 Å². The Kier molecular flexibility index (Phi) is 2.97. The van der Waals surface area contributed by atoms with Crippen LogP contribution in [0.4, 0.5) is 0 Å². The monoisotopic (exact) mass is 175 g/mol. The van der Waals surface area contributed by atoms with Crippen LogP contribution in [-0.2, 0) is 0 Å². The van der Waals surface area contributed by atoms with E-state index in [4.69, 9.17) is 5.26 Å². The average molecular weight is 175 g/mol. The average Bonchev–Trinajstić information content (AvgIpc) is 2.17. The summed E-state index contributed by atoms with van der Waals surface area (Å²) >= 11 is 0. The summed E-state index contributed by atoms with van der Waals surface area (Å²) < 4.78 is 0. The molecule has 3 nitrogen and oxygen atoms in total. The van der Waals surface area contributed by atoms with E-state index in [0.717, 1.165) is 5.69 Å². The van der Waals surface area contributed by atoms with E-state index in [-0.39, 0.29) is 0 Å².